The van der Waals surface area contributed by atoms with Crippen molar-refractivity contribution < 1.29 is 44.3 Å². The Kier molecular flexibility index (Phi) is 5.94. The number of esters is 1. The van der Waals surface area contributed by atoms with Crippen LogP contribution in [0.2, 0.25) is 0 Å². The molecule has 0 aliphatic carbocycles. The summed E-state index contributed by atoms with van der Waals surface area (Å²) in [5.74, 6) is -0.967. The minimum atomic E-state index is -4.95. The van der Waals surface area contributed by atoms with Crippen LogP contribution in [-0.4, -0.2) is 49.5 Å². The van der Waals surface area contributed by atoms with Gasteiger partial charge in [0.15, 0.2) is 9.84 Å². The zero-order valence-corrected chi connectivity index (χ0v) is 17.1. The largest absolute Gasteiger partial charge is 0.467 e. The summed E-state index contributed by atoms with van der Waals surface area (Å²) in [7, 11) is -3.64. The van der Waals surface area contributed by atoms with Crippen molar-refractivity contribution in [3.05, 3.63) is 34.8 Å². The normalized spacial score (nSPS) is 20.2. The predicted octanol–water partition coefficient (Wildman–Crippen LogP) is 3.17. The van der Waals surface area contributed by atoms with Crippen molar-refractivity contribution in [1.82, 2.24) is 10.2 Å². The van der Waals surface area contributed by atoms with Crippen LogP contribution in [0.5, 0.6) is 0 Å². The van der Waals surface area contributed by atoms with E-state index in [4.69, 9.17) is 0 Å². The number of carbonyl (C=O) groups excluding carboxylic acids is 1. The molecular weight excluding hydrogens is 476 g/mol. The van der Waals surface area contributed by atoms with E-state index < -0.39 is 73.0 Å². The molecule has 2 heterocycles. The molecule has 0 amide bonds. The first-order valence-corrected chi connectivity index (χ1v) is 10.8. The van der Waals surface area contributed by atoms with Crippen LogP contribution in [0.3, 0.4) is 0 Å². The van der Waals surface area contributed by atoms with Gasteiger partial charge in [-0.25, -0.2) is 13.2 Å². The first kappa shape index (κ1) is 23.2. The summed E-state index contributed by atoms with van der Waals surface area (Å²) < 4.78 is 109. The fraction of sp³-hybridized carbons (Fsp3) is 0.438. The zero-order valence-electron chi connectivity index (χ0n) is 15.4. The van der Waals surface area contributed by atoms with Crippen LogP contribution < -0.4 is 4.90 Å². The van der Waals surface area contributed by atoms with Gasteiger partial charge in [0.05, 0.1) is 22.8 Å². The molecule has 15 heteroatoms. The third-order valence-corrected chi connectivity index (χ3v) is 7.77. The van der Waals surface area contributed by atoms with E-state index in [1.54, 1.807) is 0 Å². The second kappa shape index (κ2) is 7.93. The van der Waals surface area contributed by atoms with Gasteiger partial charge in [-0.3, -0.25) is 0 Å². The lowest BCUT2D eigenvalue weighted by atomic mass is 10.2. The molecule has 1 fully saturated rings. The summed E-state index contributed by atoms with van der Waals surface area (Å²) in [5, 5.41) is 3.12. The van der Waals surface area contributed by atoms with Crippen molar-refractivity contribution >= 4 is 32.3 Å². The number of rotatable bonds is 4. The van der Waals surface area contributed by atoms with Crippen LogP contribution in [0.4, 0.5) is 31.5 Å². The molecule has 2 atom stereocenters. The van der Waals surface area contributed by atoms with Gasteiger partial charge in [-0.2, -0.15) is 26.3 Å². The number of methoxy groups -OCH3 is 1. The maximum atomic E-state index is 13.3. The molecule has 1 aliphatic rings. The molecular formula is C16H13F6N3O4S2. The number of sulfone groups is 1. The van der Waals surface area contributed by atoms with Gasteiger partial charge in [0.2, 0.25) is 10.1 Å². The molecule has 1 aromatic heterocycles. The van der Waals surface area contributed by atoms with Gasteiger partial charge in [-0.15, -0.1) is 10.2 Å². The second-order valence-electron chi connectivity index (χ2n) is 6.48. The Morgan fingerprint density at radius 3 is 2.32 bits per heavy atom. The Morgan fingerprint density at radius 2 is 1.77 bits per heavy atom. The van der Waals surface area contributed by atoms with E-state index in [0.717, 1.165) is 30.2 Å². The van der Waals surface area contributed by atoms with Gasteiger partial charge in [0.25, 0.3) is 0 Å². The van der Waals surface area contributed by atoms with E-state index in [2.05, 4.69) is 14.9 Å². The molecule has 31 heavy (non-hydrogen) atoms. The Hall–Kier alpha value is -2.42. The van der Waals surface area contributed by atoms with Crippen LogP contribution in [0.25, 0.3) is 0 Å². The number of aromatic nitrogens is 2. The average Bonchev–Trinajstić information content (AvgIpc) is 3.34. The highest BCUT2D eigenvalue weighted by molar-refractivity contribution is 7.92. The Bertz CT molecular complexity index is 1080. The molecule has 0 saturated carbocycles. The van der Waals surface area contributed by atoms with Crippen molar-refractivity contribution in [3.63, 3.8) is 0 Å². The van der Waals surface area contributed by atoms with Crippen LogP contribution in [-0.2, 0) is 31.7 Å². The lowest BCUT2D eigenvalue weighted by molar-refractivity contribution is -0.142. The van der Waals surface area contributed by atoms with Crippen LogP contribution in [0.15, 0.2) is 29.2 Å². The molecule has 0 N–H and O–H groups in total. The Labute approximate surface area is 175 Å². The number of benzene rings is 1. The third kappa shape index (κ3) is 4.46. The lowest BCUT2D eigenvalue weighted by Gasteiger charge is -2.20. The third-order valence-electron chi connectivity index (χ3n) is 4.58. The number of halogens is 6. The first-order valence-electron chi connectivity index (χ1n) is 8.42. The summed E-state index contributed by atoms with van der Waals surface area (Å²) in [4.78, 5) is 12.1. The number of anilines is 1. The number of ether oxygens (including phenoxy) is 1. The Morgan fingerprint density at radius 1 is 1.13 bits per heavy atom. The van der Waals surface area contributed by atoms with E-state index >= 15 is 0 Å². The molecule has 0 unspecified atom stereocenters. The fourth-order valence-electron chi connectivity index (χ4n) is 3.17. The quantitative estimate of drug-likeness (QED) is 0.482. The minimum absolute atomic E-state index is 0.0807. The molecule has 7 nitrogen and oxygen atoms in total. The van der Waals surface area contributed by atoms with Gasteiger partial charge in [0.1, 0.15) is 6.04 Å². The van der Waals surface area contributed by atoms with E-state index in [-0.39, 0.29) is 11.3 Å². The van der Waals surface area contributed by atoms with Crippen molar-refractivity contribution in [2.45, 2.75) is 35.0 Å². The van der Waals surface area contributed by atoms with E-state index in [1.165, 1.54) is 0 Å². The van der Waals surface area contributed by atoms with E-state index in [1.807, 2.05) is 0 Å². The topological polar surface area (TPSA) is 89.5 Å². The van der Waals surface area contributed by atoms with Gasteiger partial charge in [-0.1, -0.05) is 23.5 Å². The van der Waals surface area contributed by atoms with Gasteiger partial charge in [0, 0.05) is 6.54 Å². The SMILES string of the molecule is COC(=O)[C@@H]1C[C@@H](S(=O)(=O)c2ccccc2C(F)(F)F)CN1c1nnc(C(F)(F)F)s1. The smallest absolute Gasteiger partial charge is 0.445 e. The fourth-order valence-corrected chi connectivity index (χ4v) is 5.85. The first-order chi connectivity index (χ1) is 14.3. The molecule has 1 aliphatic heterocycles. The molecule has 1 saturated heterocycles. The number of alkyl halides is 6. The predicted molar refractivity (Wildman–Crippen MR) is 95.1 cm³/mol. The number of hydrogen-bond donors (Lipinski definition) is 0. The molecule has 3 rings (SSSR count). The summed E-state index contributed by atoms with van der Waals surface area (Å²) in [6.07, 6.45) is -10.3. The molecule has 170 valence electrons. The molecule has 1 aromatic carbocycles. The monoisotopic (exact) mass is 489 g/mol. The minimum Gasteiger partial charge on any atom is -0.467 e. The summed E-state index contributed by atoms with van der Waals surface area (Å²) in [5.41, 5.74) is -1.38. The highest BCUT2D eigenvalue weighted by atomic mass is 32.2. The maximum absolute atomic E-state index is 13.3. The summed E-state index contributed by atoms with van der Waals surface area (Å²) >= 11 is 0.0807. The molecule has 0 radical (unpaired) electrons. The summed E-state index contributed by atoms with van der Waals surface area (Å²) in [6, 6.07) is 2.18. The highest BCUT2D eigenvalue weighted by Gasteiger charge is 2.48. The van der Waals surface area contributed by atoms with Gasteiger partial charge >= 0.3 is 18.3 Å². The van der Waals surface area contributed by atoms with Crippen LogP contribution >= 0.6 is 11.3 Å². The van der Waals surface area contributed by atoms with Crippen molar-refractivity contribution in [2.24, 2.45) is 0 Å². The van der Waals surface area contributed by atoms with Gasteiger partial charge < -0.3 is 9.64 Å². The summed E-state index contributed by atoms with van der Waals surface area (Å²) in [6.45, 7) is -0.569. The van der Waals surface area contributed by atoms with E-state index in [9.17, 15) is 39.6 Å². The van der Waals surface area contributed by atoms with Gasteiger partial charge in [-0.05, 0) is 18.6 Å². The Balaban J connectivity index is 2.01. The maximum Gasteiger partial charge on any atom is 0.445 e. The van der Waals surface area contributed by atoms with Crippen molar-refractivity contribution in [1.29, 1.82) is 0 Å². The zero-order chi connectivity index (χ0) is 23.2. The molecule has 0 bridgehead atoms. The number of hydrogen-bond acceptors (Lipinski definition) is 8. The molecule has 0 spiro atoms. The van der Waals surface area contributed by atoms with Crippen LogP contribution in [0.1, 0.15) is 17.0 Å². The average molecular weight is 489 g/mol. The standard InChI is InChI=1S/C16H13F6N3O4S2/c1-29-12(26)10-6-8(7-25(10)14-24-23-13(30-14)16(20,21)22)31(27,28)11-5-3-2-4-9(11)15(17,18)19/h2-5,8,10H,6-7H2,1H3/t8-,10+/m1/s1. The molecule has 2 aromatic rings. The number of nitrogens with zero attached hydrogens (tertiary/aromatic N) is 3. The number of carbonyl (C=O) groups is 1. The highest BCUT2D eigenvalue weighted by Crippen LogP contribution is 2.40. The van der Waals surface area contributed by atoms with Crippen LogP contribution in [0, 0.1) is 0 Å². The van der Waals surface area contributed by atoms with E-state index in [0.29, 0.717) is 6.07 Å². The lowest BCUT2D eigenvalue weighted by Crippen LogP contribution is -2.37. The van der Waals surface area contributed by atoms with Crippen molar-refractivity contribution in [3.8, 4) is 0 Å². The van der Waals surface area contributed by atoms with Crippen molar-refractivity contribution in [2.75, 3.05) is 18.6 Å². The second-order valence-corrected chi connectivity index (χ2v) is 9.63.